The summed E-state index contributed by atoms with van der Waals surface area (Å²) in [6.45, 7) is -0.0612. The minimum atomic E-state index is -4.40. The van der Waals surface area contributed by atoms with Gasteiger partial charge in [0.2, 0.25) is 10.0 Å². The summed E-state index contributed by atoms with van der Waals surface area (Å²) in [5.74, 6) is -3.59. The van der Waals surface area contributed by atoms with Gasteiger partial charge in [0.1, 0.15) is 16.2 Å². The molecule has 3 N–H and O–H groups in total. The van der Waals surface area contributed by atoms with E-state index in [4.69, 9.17) is 0 Å². The molecule has 2 aromatic rings. The van der Waals surface area contributed by atoms with Crippen molar-refractivity contribution < 1.29 is 35.5 Å². The van der Waals surface area contributed by atoms with Crippen LogP contribution in [0.3, 0.4) is 0 Å². The van der Waals surface area contributed by atoms with Gasteiger partial charge in [0.05, 0.1) is 11.9 Å². The largest absolute Gasteiger partial charge is 0.511 e. The molecule has 2 saturated carbocycles. The highest BCUT2D eigenvalue weighted by Gasteiger charge is 2.57. The first-order valence-electron chi connectivity index (χ1n) is 12.2. The van der Waals surface area contributed by atoms with Crippen LogP contribution >= 0.6 is 0 Å². The second-order valence-corrected chi connectivity index (χ2v) is 13.7. The Morgan fingerprint density at radius 3 is 2.59 bits per heavy atom. The summed E-state index contributed by atoms with van der Waals surface area (Å²) in [6, 6.07) is 6.80. The van der Waals surface area contributed by atoms with E-state index in [2.05, 4.69) is 14.4 Å². The molecule has 2 bridgehead atoms. The quantitative estimate of drug-likeness (QED) is 0.494. The highest BCUT2D eigenvalue weighted by Crippen LogP contribution is 2.55. The number of aliphatic hydroxyl groups excluding tert-OH is 1. The number of rotatable bonds is 5. The van der Waals surface area contributed by atoms with Crippen LogP contribution in [0.4, 0.5) is 20.2 Å². The predicted molar refractivity (Wildman–Crippen MR) is 138 cm³/mol. The van der Waals surface area contributed by atoms with Crippen molar-refractivity contribution in [1.29, 1.82) is 0 Å². The van der Waals surface area contributed by atoms with Crippen LogP contribution in [-0.4, -0.2) is 50.9 Å². The van der Waals surface area contributed by atoms with Gasteiger partial charge in [0, 0.05) is 24.2 Å². The fraction of sp³-hybridized carbons (Fsp3) is 0.360. The zero-order valence-electron chi connectivity index (χ0n) is 20.6. The Morgan fingerprint density at radius 2 is 1.87 bits per heavy atom. The summed E-state index contributed by atoms with van der Waals surface area (Å²) in [4.78, 5) is 15.1. The maximum Gasteiger partial charge on any atom is 0.286 e. The zero-order valence-corrected chi connectivity index (χ0v) is 22.2. The summed E-state index contributed by atoms with van der Waals surface area (Å²) in [5.41, 5.74) is 0.124. The van der Waals surface area contributed by atoms with E-state index in [1.165, 1.54) is 23.1 Å². The molecule has 4 aliphatic rings. The van der Waals surface area contributed by atoms with Crippen LogP contribution in [0.2, 0.25) is 0 Å². The van der Waals surface area contributed by atoms with Crippen molar-refractivity contribution in [2.75, 3.05) is 16.3 Å². The lowest BCUT2D eigenvalue weighted by Crippen LogP contribution is -2.53. The first kappa shape index (κ1) is 25.7. The molecule has 2 aliphatic heterocycles. The number of nitrogens with one attached hydrogen (secondary N) is 2. The SMILES string of the molecule is CS(=O)(=O)Nc1ccc2c(c1)S(=O)(=O)N=C(C1=C(O)[C@H]3C([C@@H]4CC[C@H]3C4)N(Cc3ccc(F)c(F)c3)C1=O)N2. The number of hydrogen-bond donors (Lipinski definition) is 3. The average Bonchev–Trinajstić information content (AvgIpc) is 3.46. The van der Waals surface area contributed by atoms with E-state index >= 15 is 0 Å². The second kappa shape index (κ2) is 8.74. The average molecular weight is 579 g/mol. The summed E-state index contributed by atoms with van der Waals surface area (Å²) in [7, 11) is -8.07. The van der Waals surface area contributed by atoms with Crippen LogP contribution in [0, 0.1) is 29.4 Å². The van der Waals surface area contributed by atoms with Crippen LogP contribution in [0.5, 0.6) is 0 Å². The van der Waals surface area contributed by atoms with E-state index in [0.29, 0.717) is 5.56 Å². The molecule has 2 heterocycles. The Balaban J connectivity index is 1.41. The third-order valence-electron chi connectivity index (χ3n) is 7.88. The van der Waals surface area contributed by atoms with E-state index in [1.807, 2.05) is 0 Å². The van der Waals surface area contributed by atoms with Crippen molar-refractivity contribution in [2.24, 2.45) is 22.2 Å². The first-order valence-corrected chi connectivity index (χ1v) is 15.6. The normalized spacial score (nSPS) is 27.1. The van der Waals surface area contributed by atoms with Crippen molar-refractivity contribution in [2.45, 2.75) is 36.7 Å². The summed E-state index contributed by atoms with van der Waals surface area (Å²) in [5, 5.41) is 14.2. The minimum Gasteiger partial charge on any atom is -0.511 e. The number of hydrogen-bond acceptors (Lipinski definition) is 7. The van der Waals surface area contributed by atoms with Crippen molar-refractivity contribution in [3.8, 4) is 0 Å². The van der Waals surface area contributed by atoms with Crippen molar-refractivity contribution in [3.63, 3.8) is 0 Å². The standard InChI is InChI=1S/C25H24F2N4O6S2/c1-38(34,35)29-15-5-7-18-19(10-15)39(36,37)30-24(28-18)21-23(32)20-13-3-4-14(9-13)22(20)31(25(21)33)11-12-2-6-16(26)17(27)8-12/h2,5-8,10,13-14,20,22,29,32H,3-4,9,11H2,1H3,(H,28,30)/t13-,14+,20+,22?/m0/s1. The van der Waals surface area contributed by atoms with Crippen molar-refractivity contribution in [1.82, 2.24) is 4.90 Å². The van der Waals surface area contributed by atoms with Gasteiger partial charge in [-0.1, -0.05) is 6.07 Å². The molecule has 0 saturated heterocycles. The van der Waals surface area contributed by atoms with Crippen LogP contribution in [0.15, 0.2) is 57.0 Å². The number of sulfonamides is 2. The number of benzene rings is 2. The van der Waals surface area contributed by atoms with Gasteiger partial charge < -0.3 is 15.3 Å². The highest BCUT2D eigenvalue weighted by atomic mass is 32.2. The predicted octanol–water partition coefficient (Wildman–Crippen LogP) is 3.12. The number of nitrogens with zero attached hydrogens (tertiary/aromatic N) is 2. The fourth-order valence-electron chi connectivity index (χ4n) is 6.43. The molecule has 0 radical (unpaired) electrons. The number of carbonyl (C=O) groups excluding carboxylic acids is 1. The number of amides is 1. The molecule has 14 heteroatoms. The molecule has 2 aliphatic carbocycles. The topological polar surface area (TPSA) is 145 Å². The molecule has 1 amide bonds. The molecule has 0 aromatic heterocycles. The molecular formula is C25H24F2N4O6S2. The fourth-order valence-corrected chi connectivity index (χ4v) is 8.13. The van der Waals surface area contributed by atoms with Gasteiger partial charge in [0.15, 0.2) is 17.5 Å². The molecule has 4 atom stereocenters. The Kier molecular flexibility index (Phi) is 5.77. The van der Waals surface area contributed by atoms with Crippen LogP contribution in [-0.2, 0) is 31.4 Å². The molecule has 206 valence electrons. The van der Waals surface area contributed by atoms with E-state index < -0.39 is 43.5 Å². The van der Waals surface area contributed by atoms with Gasteiger partial charge in [-0.05, 0) is 67.0 Å². The third kappa shape index (κ3) is 4.35. The zero-order chi connectivity index (χ0) is 27.9. The smallest absolute Gasteiger partial charge is 0.286 e. The summed E-state index contributed by atoms with van der Waals surface area (Å²) in [6.07, 6.45) is 3.41. The third-order valence-corrected chi connectivity index (χ3v) is 9.80. The monoisotopic (exact) mass is 578 g/mol. The van der Waals surface area contributed by atoms with Crippen molar-refractivity contribution in [3.05, 3.63) is 64.9 Å². The number of carbonyl (C=O) groups is 1. The number of amidine groups is 1. The molecule has 2 aromatic carbocycles. The molecule has 10 nitrogen and oxygen atoms in total. The number of aliphatic hydroxyl groups is 1. The second-order valence-electron chi connectivity index (χ2n) is 10.4. The maximum absolute atomic E-state index is 14.0. The van der Waals surface area contributed by atoms with Gasteiger partial charge in [0.25, 0.3) is 15.9 Å². The Labute approximate surface area is 223 Å². The van der Waals surface area contributed by atoms with E-state index in [9.17, 15) is 35.5 Å². The molecule has 1 unspecified atom stereocenters. The van der Waals surface area contributed by atoms with Crippen molar-refractivity contribution >= 4 is 43.2 Å². The van der Waals surface area contributed by atoms with Crippen LogP contribution < -0.4 is 10.0 Å². The highest BCUT2D eigenvalue weighted by molar-refractivity contribution is 7.92. The Hall–Kier alpha value is -3.52. The Bertz CT molecular complexity index is 1710. The van der Waals surface area contributed by atoms with Gasteiger partial charge >= 0.3 is 0 Å². The van der Waals surface area contributed by atoms with Gasteiger partial charge in [-0.2, -0.15) is 8.42 Å². The minimum absolute atomic E-state index is 0.0126. The number of halogens is 2. The number of fused-ring (bicyclic) bond motifs is 6. The van der Waals surface area contributed by atoms with Crippen LogP contribution in [0.25, 0.3) is 0 Å². The maximum atomic E-state index is 14.0. The number of anilines is 2. The lowest BCUT2D eigenvalue weighted by atomic mass is 9.77. The molecule has 6 rings (SSSR count). The van der Waals surface area contributed by atoms with Crippen LogP contribution in [0.1, 0.15) is 24.8 Å². The van der Waals surface area contributed by atoms with Gasteiger partial charge in [-0.15, -0.1) is 4.40 Å². The summed E-state index contributed by atoms with van der Waals surface area (Å²) >= 11 is 0. The first-order chi connectivity index (χ1) is 18.3. The van der Waals surface area contributed by atoms with E-state index in [1.54, 1.807) is 0 Å². The van der Waals surface area contributed by atoms with E-state index in [-0.39, 0.29) is 57.9 Å². The Morgan fingerprint density at radius 1 is 1.13 bits per heavy atom. The molecular weight excluding hydrogens is 554 g/mol. The lowest BCUT2D eigenvalue weighted by Gasteiger charge is -2.44. The van der Waals surface area contributed by atoms with E-state index in [0.717, 1.165) is 43.7 Å². The summed E-state index contributed by atoms with van der Waals surface area (Å²) < 4.78 is 82.9. The molecule has 0 spiro atoms. The van der Waals surface area contributed by atoms with Gasteiger partial charge in [-0.25, -0.2) is 17.2 Å². The molecule has 39 heavy (non-hydrogen) atoms. The molecule has 2 fully saturated rings. The lowest BCUT2D eigenvalue weighted by molar-refractivity contribution is -0.134. The van der Waals surface area contributed by atoms with Gasteiger partial charge in [-0.3, -0.25) is 9.52 Å².